The topological polar surface area (TPSA) is 37.3 Å². The van der Waals surface area contributed by atoms with Crippen molar-refractivity contribution < 1.29 is 4.79 Å². The number of aryl methyl sites for hydroxylation is 1. The zero-order chi connectivity index (χ0) is 23.8. The van der Waals surface area contributed by atoms with Crippen LogP contribution in [0.15, 0.2) is 91.0 Å². The van der Waals surface area contributed by atoms with Crippen molar-refractivity contribution in [2.45, 2.75) is 33.0 Å². The number of fused-ring (bicyclic) bond motifs is 4. The highest BCUT2D eigenvalue weighted by Crippen LogP contribution is 2.31. The van der Waals surface area contributed by atoms with Gasteiger partial charge in [-0.25, -0.2) is 0 Å². The molecule has 0 saturated carbocycles. The van der Waals surface area contributed by atoms with Crippen LogP contribution >= 0.6 is 0 Å². The maximum absolute atomic E-state index is 13.0. The van der Waals surface area contributed by atoms with Gasteiger partial charge in [0.1, 0.15) is 0 Å². The molecule has 4 aromatic carbocycles. The van der Waals surface area contributed by atoms with E-state index in [2.05, 4.69) is 94.5 Å². The molecule has 0 radical (unpaired) electrons. The van der Waals surface area contributed by atoms with Gasteiger partial charge in [0.15, 0.2) is 0 Å². The number of rotatable bonds is 5. The van der Waals surface area contributed by atoms with Crippen LogP contribution in [0, 0.1) is 0 Å². The van der Waals surface area contributed by atoms with Gasteiger partial charge in [0.25, 0.3) is 5.91 Å². The van der Waals surface area contributed by atoms with E-state index in [1.54, 1.807) is 0 Å². The van der Waals surface area contributed by atoms with E-state index in [1.165, 1.54) is 38.5 Å². The summed E-state index contributed by atoms with van der Waals surface area (Å²) in [7, 11) is 0. The van der Waals surface area contributed by atoms with E-state index in [0.717, 1.165) is 38.3 Å². The Labute approximate surface area is 205 Å². The fourth-order valence-electron chi connectivity index (χ4n) is 5.38. The van der Waals surface area contributed by atoms with Crippen molar-refractivity contribution in [3.63, 3.8) is 0 Å². The minimum Gasteiger partial charge on any atom is -0.341 e. The van der Waals surface area contributed by atoms with E-state index in [9.17, 15) is 4.79 Å². The third-order valence-corrected chi connectivity index (χ3v) is 7.18. The maximum Gasteiger partial charge on any atom is 0.255 e. The number of nitrogens with zero attached hydrogens (tertiary/aromatic N) is 2. The molecular weight excluding hydrogens is 430 g/mol. The predicted molar refractivity (Wildman–Crippen MR) is 144 cm³/mol. The Morgan fingerprint density at radius 2 is 1.57 bits per heavy atom. The molecule has 1 aliphatic rings. The lowest BCUT2D eigenvalue weighted by molar-refractivity contribution is 0.102. The quantitative estimate of drug-likeness (QED) is 0.320. The Morgan fingerprint density at radius 1 is 0.829 bits per heavy atom. The molecule has 4 heteroatoms. The van der Waals surface area contributed by atoms with Gasteiger partial charge in [-0.2, -0.15) is 0 Å². The SMILES string of the molecule is CCn1c2ccccc2c2cc(NC(=O)c3ccc(CN4CCc5ccccc5C4)cc3)ccc21. The third-order valence-electron chi connectivity index (χ3n) is 7.18. The van der Waals surface area contributed by atoms with E-state index in [0.29, 0.717) is 5.56 Å². The molecule has 1 aromatic heterocycles. The Morgan fingerprint density at radius 3 is 2.40 bits per heavy atom. The van der Waals surface area contributed by atoms with Crippen LogP contribution in [0.3, 0.4) is 0 Å². The van der Waals surface area contributed by atoms with Crippen molar-refractivity contribution >= 4 is 33.4 Å². The molecule has 0 fully saturated rings. The van der Waals surface area contributed by atoms with Crippen LogP contribution in [0.25, 0.3) is 21.8 Å². The van der Waals surface area contributed by atoms with Gasteiger partial charge in [-0.3, -0.25) is 9.69 Å². The Kier molecular flexibility index (Phi) is 5.59. The number of carbonyl (C=O) groups excluding carboxylic acids is 1. The van der Waals surface area contributed by atoms with E-state index in [1.807, 2.05) is 18.2 Å². The van der Waals surface area contributed by atoms with Gasteiger partial charge in [0, 0.05) is 59.2 Å². The van der Waals surface area contributed by atoms with Gasteiger partial charge >= 0.3 is 0 Å². The largest absolute Gasteiger partial charge is 0.341 e. The zero-order valence-corrected chi connectivity index (χ0v) is 20.0. The first kappa shape index (κ1) is 21.6. The van der Waals surface area contributed by atoms with Crippen molar-refractivity contribution in [3.8, 4) is 0 Å². The minimum atomic E-state index is -0.0815. The molecule has 0 aliphatic carbocycles. The van der Waals surface area contributed by atoms with Crippen LogP contribution in [0.5, 0.6) is 0 Å². The van der Waals surface area contributed by atoms with Crippen LogP contribution in [-0.4, -0.2) is 21.9 Å². The molecule has 5 aromatic rings. The normalized spacial score (nSPS) is 13.7. The predicted octanol–water partition coefficient (Wildman–Crippen LogP) is 6.63. The average molecular weight is 460 g/mol. The van der Waals surface area contributed by atoms with Gasteiger partial charge in [-0.15, -0.1) is 0 Å². The lowest BCUT2D eigenvalue weighted by Gasteiger charge is -2.28. The number of benzene rings is 4. The maximum atomic E-state index is 13.0. The van der Waals surface area contributed by atoms with Crippen LogP contribution in [0.2, 0.25) is 0 Å². The summed E-state index contributed by atoms with van der Waals surface area (Å²) in [6.07, 6.45) is 1.10. The highest BCUT2D eigenvalue weighted by molar-refractivity contribution is 6.11. The number of anilines is 1. The molecule has 1 N–H and O–H groups in total. The first-order valence-electron chi connectivity index (χ1n) is 12.4. The van der Waals surface area contributed by atoms with Gasteiger partial charge in [-0.1, -0.05) is 54.6 Å². The summed E-state index contributed by atoms with van der Waals surface area (Å²) in [6, 6.07) is 31.4. The first-order valence-corrected chi connectivity index (χ1v) is 12.4. The molecule has 1 aliphatic heterocycles. The van der Waals surface area contributed by atoms with E-state index in [-0.39, 0.29) is 5.91 Å². The fourth-order valence-corrected chi connectivity index (χ4v) is 5.38. The number of carbonyl (C=O) groups is 1. The number of nitrogens with one attached hydrogen (secondary N) is 1. The monoisotopic (exact) mass is 459 g/mol. The second-order valence-corrected chi connectivity index (χ2v) is 9.37. The molecule has 0 spiro atoms. The summed E-state index contributed by atoms with van der Waals surface area (Å²) in [4.78, 5) is 15.5. The van der Waals surface area contributed by atoms with E-state index < -0.39 is 0 Å². The third kappa shape index (κ3) is 4.11. The van der Waals surface area contributed by atoms with Crippen LogP contribution in [-0.2, 0) is 26.1 Å². The molecule has 35 heavy (non-hydrogen) atoms. The first-order chi connectivity index (χ1) is 17.2. The molecule has 174 valence electrons. The molecule has 2 heterocycles. The molecular formula is C31H29N3O. The van der Waals surface area contributed by atoms with E-state index >= 15 is 0 Å². The van der Waals surface area contributed by atoms with Crippen molar-refractivity contribution in [2.24, 2.45) is 0 Å². The molecule has 0 saturated heterocycles. The van der Waals surface area contributed by atoms with Gasteiger partial charge < -0.3 is 9.88 Å². The summed E-state index contributed by atoms with van der Waals surface area (Å²) >= 11 is 0. The molecule has 6 rings (SSSR count). The van der Waals surface area contributed by atoms with Gasteiger partial charge in [-0.05, 0) is 66.4 Å². The molecule has 0 atom stereocenters. The van der Waals surface area contributed by atoms with E-state index in [4.69, 9.17) is 0 Å². The Balaban J connectivity index is 1.17. The number of amides is 1. The number of aromatic nitrogens is 1. The lowest BCUT2D eigenvalue weighted by atomic mass is 9.99. The zero-order valence-electron chi connectivity index (χ0n) is 20.0. The summed E-state index contributed by atoms with van der Waals surface area (Å²) < 4.78 is 2.32. The number of hydrogen-bond acceptors (Lipinski definition) is 2. The van der Waals surface area contributed by atoms with Crippen molar-refractivity contribution in [3.05, 3.63) is 113 Å². The molecule has 4 nitrogen and oxygen atoms in total. The number of hydrogen-bond donors (Lipinski definition) is 1. The minimum absolute atomic E-state index is 0.0815. The molecule has 1 amide bonds. The van der Waals surface area contributed by atoms with Crippen molar-refractivity contribution in [1.29, 1.82) is 0 Å². The Hall–Kier alpha value is -3.89. The highest BCUT2D eigenvalue weighted by atomic mass is 16.1. The van der Waals surface area contributed by atoms with Gasteiger partial charge in [0.05, 0.1) is 0 Å². The lowest BCUT2D eigenvalue weighted by Crippen LogP contribution is -2.29. The van der Waals surface area contributed by atoms with Crippen molar-refractivity contribution in [2.75, 3.05) is 11.9 Å². The summed E-state index contributed by atoms with van der Waals surface area (Å²) in [5, 5.41) is 5.47. The summed E-state index contributed by atoms with van der Waals surface area (Å²) in [5.74, 6) is -0.0815. The second-order valence-electron chi connectivity index (χ2n) is 9.37. The number of para-hydroxylation sites is 1. The highest BCUT2D eigenvalue weighted by Gasteiger charge is 2.16. The van der Waals surface area contributed by atoms with Crippen LogP contribution in [0.1, 0.15) is 34.0 Å². The smallest absolute Gasteiger partial charge is 0.255 e. The summed E-state index contributed by atoms with van der Waals surface area (Å²) in [5.41, 5.74) is 8.03. The Bertz CT molecular complexity index is 1530. The fraction of sp³-hybridized carbons (Fsp3) is 0.194. The van der Waals surface area contributed by atoms with Crippen molar-refractivity contribution in [1.82, 2.24) is 9.47 Å². The standard InChI is InChI=1S/C31H29N3O/c1-2-34-29-10-6-5-9-27(29)28-19-26(15-16-30(28)34)32-31(35)24-13-11-22(12-14-24)20-33-18-17-23-7-3-4-8-25(23)21-33/h3-16,19H,2,17-18,20-21H2,1H3,(H,32,35). The summed E-state index contributed by atoms with van der Waals surface area (Å²) in [6.45, 7) is 6.02. The molecule has 0 bridgehead atoms. The van der Waals surface area contributed by atoms with Crippen LogP contribution in [0.4, 0.5) is 5.69 Å². The average Bonchev–Trinajstić information content (AvgIpc) is 3.22. The van der Waals surface area contributed by atoms with Crippen LogP contribution < -0.4 is 5.32 Å². The second kappa shape index (κ2) is 9.05. The van der Waals surface area contributed by atoms with Gasteiger partial charge in [0.2, 0.25) is 0 Å². The molecule has 0 unspecified atom stereocenters.